The van der Waals surface area contributed by atoms with Gasteiger partial charge in [-0.05, 0) is 19.4 Å². The molecule has 0 fully saturated rings. The third-order valence-electron chi connectivity index (χ3n) is 2.49. The van der Waals surface area contributed by atoms with E-state index in [2.05, 4.69) is 5.32 Å². The Morgan fingerprint density at radius 2 is 2.35 bits per heavy atom. The molecule has 0 saturated heterocycles. The number of anilines is 1. The highest BCUT2D eigenvalue weighted by molar-refractivity contribution is 7.16. The van der Waals surface area contributed by atoms with Crippen LogP contribution in [0.5, 0.6) is 0 Å². The van der Waals surface area contributed by atoms with E-state index in [0.717, 1.165) is 11.3 Å². The van der Waals surface area contributed by atoms with Crippen LogP contribution in [0.15, 0.2) is 6.07 Å². The normalized spacial score (nSPS) is 14.2. The Bertz CT molecular complexity index is 456. The van der Waals surface area contributed by atoms with E-state index in [1.165, 1.54) is 16.2 Å². The number of carbonyl (C=O) groups is 2. The molecule has 1 aliphatic rings. The monoisotopic (exact) mass is 254 g/mol. The molecule has 2 amide bonds. The molecule has 0 radical (unpaired) electrons. The molecule has 1 aliphatic heterocycles. The lowest BCUT2D eigenvalue weighted by molar-refractivity contribution is 0.0946. The van der Waals surface area contributed by atoms with E-state index in [1.54, 1.807) is 6.92 Å². The SMILES string of the molecule is CCOC(=O)N1CNC(=O)c2cc(CC)sc21. The molecule has 0 unspecified atom stereocenters. The summed E-state index contributed by atoms with van der Waals surface area (Å²) in [7, 11) is 0. The van der Waals surface area contributed by atoms with Gasteiger partial charge >= 0.3 is 6.09 Å². The molecule has 0 aliphatic carbocycles. The Balaban J connectivity index is 2.34. The molecular weight excluding hydrogens is 240 g/mol. The summed E-state index contributed by atoms with van der Waals surface area (Å²) in [6.07, 6.45) is 0.431. The topological polar surface area (TPSA) is 58.6 Å². The molecule has 0 saturated carbocycles. The van der Waals surface area contributed by atoms with Crippen LogP contribution in [0.3, 0.4) is 0 Å². The maximum atomic E-state index is 11.7. The lowest BCUT2D eigenvalue weighted by Gasteiger charge is -2.25. The maximum Gasteiger partial charge on any atom is 0.416 e. The van der Waals surface area contributed by atoms with E-state index in [-0.39, 0.29) is 12.6 Å². The predicted octanol–water partition coefficient (Wildman–Crippen LogP) is 1.97. The van der Waals surface area contributed by atoms with Gasteiger partial charge in [-0.1, -0.05) is 6.92 Å². The van der Waals surface area contributed by atoms with E-state index in [1.807, 2.05) is 13.0 Å². The lowest BCUT2D eigenvalue weighted by Crippen LogP contribution is -2.45. The molecule has 2 heterocycles. The predicted molar refractivity (Wildman–Crippen MR) is 65.5 cm³/mol. The summed E-state index contributed by atoms with van der Waals surface area (Å²) in [4.78, 5) is 25.9. The molecule has 1 aromatic heterocycles. The molecule has 0 aromatic carbocycles. The van der Waals surface area contributed by atoms with Gasteiger partial charge in [0.25, 0.3) is 5.91 Å². The van der Waals surface area contributed by atoms with E-state index in [4.69, 9.17) is 4.74 Å². The van der Waals surface area contributed by atoms with Crippen LogP contribution in [-0.4, -0.2) is 25.3 Å². The quantitative estimate of drug-likeness (QED) is 0.877. The number of amides is 2. The summed E-state index contributed by atoms with van der Waals surface area (Å²) in [5, 5.41) is 3.34. The van der Waals surface area contributed by atoms with Crippen LogP contribution in [0.4, 0.5) is 9.80 Å². The molecule has 1 aromatic rings. The Morgan fingerprint density at radius 1 is 1.59 bits per heavy atom. The first kappa shape index (κ1) is 11.9. The largest absolute Gasteiger partial charge is 0.449 e. The minimum Gasteiger partial charge on any atom is -0.449 e. The summed E-state index contributed by atoms with van der Waals surface area (Å²) in [6, 6.07) is 1.83. The second kappa shape index (κ2) is 4.75. The third kappa shape index (κ3) is 2.12. The molecule has 0 bridgehead atoms. The Labute approximate surface area is 103 Å². The number of rotatable bonds is 2. The fourth-order valence-corrected chi connectivity index (χ4v) is 2.72. The molecule has 92 valence electrons. The highest BCUT2D eigenvalue weighted by atomic mass is 32.1. The van der Waals surface area contributed by atoms with Crippen molar-refractivity contribution in [3.8, 4) is 0 Å². The van der Waals surface area contributed by atoms with Crippen molar-refractivity contribution >= 4 is 28.3 Å². The van der Waals surface area contributed by atoms with E-state index < -0.39 is 6.09 Å². The Kier molecular flexibility index (Phi) is 3.33. The van der Waals surface area contributed by atoms with Gasteiger partial charge in [-0.15, -0.1) is 11.3 Å². The number of carbonyl (C=O) groups excluding carboxylic acids is 2. The van der Waals surface area contributed by atoms with E-state index in [9.17, 15) is 9.59 Å². The number of aryl methyl sites for hydroxylation is 1. The fraction of sp³-hybridized carbons (Fsp3) is 0.455. The number of nitrogens with one attached hydrogen (secondary N) is 1. The molecule has 6 heteroatoms. The van der Waals surface area contributed by atoms with Crippen LogP contribution in [0, 0.1) is 0 Å². The summed E-state index contributed by atoms with van der Waals surface area (Å²) in [6.45, 7) is 4.27. The first-order chi connectivity index (χ1) is 8.17. The van der Waals surface area contributed by atoms with Crippen molar-refractivity contribution in [3.63, 3.8) is 0 Å². The van der Waals surface area contributed by atoms with Crippen LogP contribution in [-0.2, 0) is 11.2 Å². The number of nitrogens with zero attached hydrogens (tertiary/aromatic N) is 1. The number of thiophene rings is 1. The zero-order valence-corrected chi connectivity index (χ0v) is 10.6. The van der Waals surface area contributed by atoms with Crippen molar-refractivity contribution in [2.24, 2.45) is 0 Å². The highest BCUT2D eigenvalue weighted by Crippen LogP contribution is 2.34. The number of ether oxygens (including phenoxy) is 1. The summed E-state index contributed by atoms with van der Waals surface area (Å²) in [5.74, 6) is -0.128. The molecule has 0 atom stereocenters. The van der Waals surface area contributed by atoms with E-state index >= 15 is 0 Å². The first-order valence-electron chi connectivity index (χ1n) is 5.52. The van der Waals surface area contributed by atoms with Gasteiger partial charge in [0.15, 0.2) is 0 Å². The van der Waals surface area contributed by atoms with Crippen LogP contribution in [0.2, 0.25) is 0 Å². The smallest absolute Gasteiger partial charge is 0.416 e. The third-order valence-corrected chi connectivity index (χ3v) is 3.79. The minimum absolute atomic E-state index is 0.128. The van der Waals surface area contributed by atoms with Gasteiger partial charge in [-0.3, -0.25) is 4.79 Å². The van der Waals surface area contributed by atoms with Gasteiger partial charge in [-0.25, -0.2) is 9.69 Å². The maximum absolute atomic E-state index is 11.7. The fourth-order valence-electron chi connectivity index (χ4n) is 1.64. The molecule has 17 heavy (non-hydrogen) atoms. The van der Waals surface area contributed by atoms with Crippen LogP contribution in [0.1, 0.15) is 29.1 Å². The van der Waals surface area contributed by atoms with Crippen molar-refractivity contribution < 1.29 is 14.3 Å². The Hall–Kier alpha value is -1.56. The average Bonchev–Trinajstić information content (AvgIpc) is 2.74. The van der Waals surface area contributed by atoms with Crippen molar-refractivity contribution in [1.29, 1.82) is 0 Å². The highest BCUT2D eigenvalue weighted by Gasteiger charge is 2.30. The van der Waals surface area contributed by atoms with Crippen LogP contribution >= 0.6 is 11.3 Å². The standard InChI is InChI=1S/C11H14N2O3S/c1-3-7-5-8-9(14)12-6-13(10(8)17-7)11(15)16-4-2/h5H,3-4,6H2,1-2H3,(H,12,14). The van der Waals surface area contributed by atoms with Crippen LogP contribution < -0.4 is 10.2 Å². The second-order valence-corrected chi connectivity index (χ2v) is 4.69. The average molecular weight is 254 g/mol. The van der Waals surface area contributed by atoms with Gasteiger partial charge < -0.3 is 10.1 Å². The second-order valence-electron chi connectivity index (χ2n) is 3.58. The summed E-state index contributed by atoms with van der Waals surface area (Å²) < 4.78 is 4.96. The van der Waals surface area contributed by atoms with Gasteiger partial charge in [0.2, 0.25) is 0 Å². The van der Waals surface area contributed by atoms with Crippen molar-refractivity contribution in [2.45, 2.75) is 20.3 Å². The van der Waals surface area contributed by atoms with Gasteiger partial charge in [0.05, 0.1) is 12.2 Å². The molecular formula is C11H14N2O3S. The summed E-state index contributed by atoms with van der Waals surface area (Å²) >= 11 is 1.47. The molecule has 2 rings (SSSR count). The molecule has 5 nitrogen and oxygen atoms in total. The Morgan fingerprint density at radius 3 is 3.00 bits per heavy atom. The molecule has 1 N–H and O–H groups in total. The first-order valence-corrected chi connectivity index (χ1v) is 6.34. The summed E-state index contributed by atoms with van der Waals surface area (Å²) in [5.41, 5.74) is 0.561. The molecule has 0 spiro atoms. The lowest BCUT2D eigenvalue weighted by atomic mass is 10.2. The number of fused-ring (bicyclic) bond motifs is 1. The van der Waals surface area contributed by atoms with Crippen molar-refractivity contribution in [1.82, 2.24) is 5.32 Å². The zero-order chi connectivity index (χ0) is 12.4. The van der Waals surface area contributed by atoms with E-state index in [0.29, 0.717) is 17.2 Å². The van der Waals surface area contributed by atoms with Crippen molar-refractivity contribution in [3.05, 3.63) is 16.5 Å². The van der Waals surface area contributed by atoms with Gasteiger partial charge in [0, 0.05) is 4.88 Å². The minimum atomic E-state index is -0.418. The van der Waals surface area contributed by atoms with Crippen LogP contribution in [0.25, 0.3) is 0 Å². The van der Waals surface area contributed by atoms with Gasteiger partial charge in [0.1, 0.15) is 11.7 Å². The van der Waals surface area contributed by atoms with Crippen molar-refractivity contribution in [2.75, 3.05) is 18.2 Å². The van der Waals surface area contributed by atoms with Gasteiger partial charge in [-0.2, -0.15) is 0 Å². The number of hydrogen-bond acceptors (Lipinski definition) is 4. The zero-order valence-electron chi connectivity index (χ0n) is 9.78. The number of hydrogen-bond donors (Lipinski definition) is 1.